The number of hydrogen-bond donors (Lipinski definition) is 1. The Morgan fingerprint density at radius 1 is 0.632 bits per heavy atom. The van der Waals surface area contributed by atoms with E-state index in [1.807, 2.05) is 72.8 Å². The minimum Gasteiger partial charge on any atom is -0.457 e. The van der Waals surface area contributed by atoms with Crippen LogP contribution in [0.15, 0.2) is 109 Å². The summed E-state index contributed by atoms with van der Waals surface area (Å²) in [4.78, 5) is 51.6. The molecule has 0 aromatic heterocycles. The van der Waals surface area contributed by atoms with Crippen molar-refractivity contribution < 1.29 is 28.7 Å². The number of carbonyl (C=O) groups is 4. The number of rotatable bonds is 14. The largest absolute Gasteiger partial charge is 0.457 e. The lowest BCUT2D eigenvalue weighted by atomic mass is 9.78. The molecule has 0 saturated carbocycles. The first kappa shape index (κ1) is 42.1. The molecule has 3 amide bonds. The Labute approximate surface area is 337 Å². The molecule has 8 nitrogen and oxygen atoms in total. The number of unbranched alkanes of at least 4 members (excludes halogenated alkanes) is 2. The van der Waals surface area contributed by atoms with Crippen molar-refractivity contribution in [2.75, 3.05) is 11.9 Å². The number of ether oxygens (including phenoxy) is 2. The molecule has 1 aliphatic heterocycles. The molecule has 1 heterocycles. The topological polar surface area (TPSA) is 102 Å². The molecular weight excluding hydrogens is 713 g/mol. The SMILES string of the molecule is CCC(C)(CC)c1ccc(N2C(=O)c3ccc(Oc4ccc(C(C)(C)c5ccc(Oc6ccc(C(=O)NC)c(C=O)c6)cc5)cc4)cc3C2=O)cc1.CCCCC. The van der Waals surface area contributed by atoms with E-state index in [9.17, 15) is 19.2 Å². The summed E-state index contributed by atoms with van der Waals surface area (Å²) >= 11 is 0. The summed E-state index contributed by atoms with van der Waals surface area (Å²) < 4.78 is 12.1. The lowest BCUT2D eigenvalue weighted by Crippen LogP contribution is -2.29. The van der Waals surface area contributed by atoms with E-state index in [0.29, 0.717) is 46.1 Å². The molecule has 296 valence electrons. The highest BCUT2D eigenvalue weighted by atomic mass is 16.5. The third-order valence-electron chi connectivity index (χ3n) is 11.2. The second kappa shape index (κ2) is 18.3. The number of benzene rings is 5. The van der Waals surface area contributed by atoms with Crippen molar-refractivity contribution in [3.05, 3.63) is 148 Å². The van der Waals surface area contributed by atoms with Gasteiger partial charge in [-0.25, -0.2) is 4.90 Å². The van der Waals surface area contributed by atoms with Gasteiger partial charge in [-0.2, -0.15) is 0 Å². The third-order valence-corrected chi connectivity index (χ3v) is 11.2. The Bertz CT molecular complexity index is 2200. The second-order valence-corrected chi connectivity index (χ2v) is 15.1. The van der Waals surface area contributed by atoms with E-state index in [4.69, 9.17) is 9.47 Å². The van der Waals surface area contributed by atoms with E-state index >= 15 is 0 Å². The summed E-state index contributed by atoms with van der Waals surface area (Å²) in [6.07, 6.45) is 6.70. The summed E-state index contributed by atoms with van der Waals surface area (Å²) in [5.74, 6) is 1.05. The molecule has 6 rings (SSSR count). The van der Waals surface area contributed by atoms with Gasteiger partial charge in [0.05, 0.1) is 22.4 Å². The third kappa shape index (κ3) is 9.18. The van der Waals surface area contributed by atoms with Crippen molar-refractivity contribution in [1.82, 2.24) is 5.32 Å². The maximum atomic E-state index is 13.5. The predicted molar refractivity (Wildman–Crippen MR) is 228 cm³/mol. The van der Waals surface area contributed by atoms with Gasteiger partial charge in [-0.1, -0.05) is 104 Å². The van der Waals surface area contributed by atoms with E-state index in [1.165, 1.54) is 36.8 Å². The lowest BCUT2D eigenvalue weighted by molar-refractivity contribution is 0.0923. The number of aldehydes is 1. The monoisotopic (exact) mass is 766 g/mol. The van der Waals surface area contributed by atoms with Crippen LogP contribution in [-0.2, 0) is 10.8 Å². The number of imide groups is 1. The van der Waals surface area contributed by atoms with Gasteiger partial charge in [-0.15, -0.1) is 0 Å². The lowest BCUT2D eigenvalue weighted by Gasteiger charge is -2.28. The van der Waals surface area contributed by atoms with Crippen LogP contribution >= 0.6 is 0 Å². The quantitative estimate of drug-likeness (QED) is 0.0892. The van der Waals surface area contributed by atoms with Gasteiger partial charge in [0.2, 0.25) is 0 Å². The average molecular weight is 767 g/mol. The van der Waals surface area contributed by atoms with Gasteiger partial charge in [-0.05, 0) is 108 Å². The van der Waals surface area contributed by atoms with Crippen LogP contribution in [0, 0.1) is 0 Å². The molecule has 0 aliphatic carbocycles. The van der Waals surface area contributed by atoms with E-state index in [0.717, 1.165) is 24.0 Å². The highest BCUT2D eigenvalue weighted by Gasteiger charge is 2.37. The summed E-state index contributed by atoms with van der Waals surface area (Å²) in [6, 6.07) is 33.0. The van der Waals surface area contributed by atoms with Crippen molar-refractivity contribution in [2.24, 2.45) is 0 Å². The molecule has 5 aromatic rings. The van der Waals surface area contributed by atoms with E-state index in [-0.39, 0.29) is 39.7 Å². The molecule has 8 heteroatoms. The molecule has 1 aliphatic rings. The van der Waals surface area contributed by atoms with Gasteiger partial charge in [0, 0.05) is 18.0 Å². The highest BCUT2D eigenvalue weighted by Crippen LogP contribution is 2.37. The standard InChI is InChI=1S/C44H42N2O6.C5H12/c1-7-44(5,8-2)31-9-15-32(16-10-31)46-41(49)38-24-22-36(26-39(38)42(46)50)52-34-19-13-30(14-20-34)43(3,4)29-11-17-33(18-12-29)51-35-21-23-37(40(48)45-6)28(25-35)27-47;1-3-5-4-2/h9-27H,7-8H2,1-6H3,(H,45,48);3-5H2,1-2H3. The molecule has 0 spiro atoms. The van der Waals surface area contributed by atoms with Crippen molar-refractivity contribution in [1.29, 1.82) is 0 Å². The van der Waals surface area contributed by atoms with Gasteiger partial charge in [-0.3, -0.25) is 19.2 Å². The average Bonchev–Trinajstić information content (AvgIpc) is 3.48. The van der Waals surface area contributed by atoms with E-state index < -0.39 is 0 Å². The smallest absolute Gasteiger partial charge is 0.266 e. The zero-order chi connectivity index (χ0) is 41.3. The molecule has 0 radical (unpaired) electrons. The van der Waals surface area contributed by atoms with Gasteiger partial charge >= 0.3 is 0 Å². The minimum atomic E-state index is -0.370. The zero-order valence-corrected chi connectivity index (χ0v) is 34.4. The van der Waals surface area contributed by atoms with Crippen LogP contribution in [0.25, 0.3) is 0 Å². The highest BCUT2D eigenvalue weighted by molar-refractivity contribution is 6.34. The van der Waals surface area contributed by atoms with Crippen LogP contribution in [0.2, 0.25) is 0 Å². The number of anilines is 1. The maximum Gasteiger partial charge on any atom is 0.266 e. The Morgan fingerprint density at radius 2 is 1.11 bits per heavy atom. The molecule has 1 N–H and O–H groups in total. The molecule has 0 atom stereocenters. The van der Waals surface area contributed by atoms with Crippen LogP contribution in [0.4, 0.5) is 5.69 Å². The Kier molecular flexibility index (Phi) is 13.5. The summed E-state index contributed by atoms with van der Waals surface area (Å²) in [6.45, 7) is 15.2. The molecule has 0 bridgehead atoms. The van der Waals surface area contributed by atoms with Crippen LogP contribution in [0.1, 0.15) is 139 Å². The molecule has 57 heavy (non-hydrogen) atoms. The minimum absolute atomic E-state index is 0.0402. The fraction of sp³-hybridized carbons (Fsp3) is 0.306. The van der Waals surface area contributed by atoms with Gasteiger partial charge in [0.25, 0.3) is 17.7 Å². The van der Waals surface area contributed by atoms with Crippen molar-refractivity contribution in [2.45, 2.75) is 91.4 Å². The summed E-state index contributed by atoms with van der Waals surface area (Å²) in [5.41, 5.74) is 4.74. The van der Waals surface area contributed by atoms with Crippen LogP contribution in [0.5, 0.6) is 23.0 Å². The first-order valence-electron chi connectivity index (χ1n) is 19.8. The number of nitrogens with zero attached hydrogens (tertiary/aromatic N) is 1. The number of nitrogens with one attached hydrogen (secondary N) is 1. The number of fused-ring (bicyclic) bond motifs is 1. The predicted octanol–water partition coefficient (Wildman–Crippen LogP) is 11.8. The molecule has 0 fully saturated rings. The fourth-order valence-electron chi connectivity index (χ4n) is 6.90. The van der Waals surface area contributed by atoms with Crippen molar-refractivity contribution in [3.8, 4) is 23.0 Å². The van der Waals surface area contributed by atoms with Crippen LogP contribution in [-0.4, -0.2) is 31.1 Å². The first-order chi connectivity index (χ1) is 27.3. The number of amides is 3. The van der Waals surface area contributed by atoms with Gasteiger partial charge in [0.15, 0.2) is 6.29 Å². The van der Waals surface area contributed by atoms with Crippen LogP contribution < -0.4 is 19.7 Å². The van der Waals surface area contributed by atoms with Crippen molar-refractivity contribution in [3.63, 3.8) is 0 Å². The van der Waals surface area contributed by atoms with E-state index in [2.05, 4.69) is 53.8 Å². The second-order valence-electron chi connectivity index (χ2n) is 15.1. The fourth-order valence-corrected chi connectivity index (χ4v) is 6.90. The molecule has 5 aromatic carbocycles. The number of hydrogen-bond acceptors (Lipinski definition) is 6. The Balaban J connectivity index is 0.00000117. The summed E-state index contributed by atoms with van der Waals surface area (Å²) in [5, 5.41) is 2.53. The van der Waals surface area contributed by atoms with E-state index in [1.54, 1.807) is 36.4 Å². The zero-order valence-electron chi connectivity index (χ0n) is 34.4. The normalized spacial score (nSPS) is 12.4. The Hall–Kier alpha value is -6.02. The molecule has 0 saturated heterocycles. The Morgan fingerprint density at radius 3 is 1.58 bits per heavy atom. The van der Waals surface area contributed by atoms with Crippen molar-refractivity contribution >= 4 is 29.7 Å². The van der Waals surface area contributed by atoms with Crippen LogP contribution in [0.3, 0.4) is 0 Å². The maximum absolute atomic E-state index is 13.5. The van der Waals surface area contributed by atoms with Gasteiger partial charge < -0.3 is 14.8 Å². The molecule has 0 unspecified atom stereocenters. The first-order valence-corrected chi connectivity index (χ1v) is 19.8. The summed E-state index contributed by atoms with van der Waals surface area (Å²) in [7, 11) is 1.51. The molecular formula is C49H54N2O6. The number of carbonyl (C=O) groups excluding carboxylic acids is 4. The van der Waals surface area contributed by atoms with Gasteiger partial charge in [0.1, 0.15) is 23.0 Å².